The number of hydrogen-bond donors (Lipinski definition) is 0. The van der Waals surface area contributed by atoms with Crippen molar-refractivity contribution >= 4 is 0 Å². The van der Waals surface area contributed by atoms with Crippen LogP contribution in [0.25, 0.3) is 0 Å². The third-order valence-corrected chi connectivity index (χ3v) is 1.86. The Labute approximate surface area is 67.6 Å². The Kier molecular flexibility index (Phi) is 3.83. The summed E-state index contributed by atoms with van der Waals surface area (Å²) in [5, 5.41) is 0. The van der Waals surface area contributed by atoms with Gasteiger partial charge in [-0.05, 0) is 13.3 Å². The molecule has 3 heteroatoms. The summed E-state index contributed by atoms with van der Waals surface area (Å²) in [5.74, 6) is 0. The van der Waals surface area contributed by atoms with E-state index in [1.165, 1.54) is 0 Å². The normalized spacial score (nSPS) is 31.1. The molecule has 1 heterocycles. The van der Waals surface area contributed by atoms with Crippen molar-refractivity contribution in [3.63, 3.8) is 0 Å². The molecule has 0 unspecified atom stereocenters. The van der Waals surface area contributed by atoms with E-state index in [1.54, 1.807) is 7.11 Å². The number of hydrogen-bond acceptors (Lipinski definition) is 3. The first kappa shape index (κ1) is 8.97. The molecule has 0 bridgehead atoms. The maximum atomic E-state index is 5.46. The first-order valence-electron chi connectivity index (χ1n) is 4.10. The summed E-state index contributed by atoms with van der Waals surface area (Å²) in [6.07, 6.45) is 1.40. The molecule has 0 aromatic heterocycles. The zero-order chi connectivity index (χ0) is 8.10. The van der Waals surface area contributed by atoms with Gasteiger partial charge in [-0.15, -0.1) is 0 Å². The second-order valence-corrected chi connectivity index (χ2v) is 2.65. The van der Waals surface area contributed by atoms with Gasteiger partial charge in [0.05, 0.1) is 12.7 Å². The van der Waals surface area contributed by atoms with E-state index in [1.807, 2.05) is 6.92 Å². The molecule has 0 spiro atoms. The van der Waals surface area contributed by atoms with Crippen molar-refractivity contribution in [2.24, 2.45) is 0 Å². The quantitative estimate of drug-likeness (QED) is 0.609. The highest BCUT2D eigenvalue weighted by molar-refractivity contribution is 4.76. The molecule has 0 aromatic rings. The van der Waals surface area contributed by atoms with E-state index in [9.17, 15) is 0 Å². The van der Waals surface area contributed by atoms with Crippen LogP contribution in [0.1, 0.15) is 13.3 Å². The van der Waals surface area contributed by atoms with Crippen LogP contribution in [-0.4, -0.2) is 39.1 Å². The largest absolute Gasteiger partial charge is 0.382 e. The predicted molar refractivity (Wildman–Crippen MR) is 41.6 cm³/mol. The Balaban J connectivity index is 2.25. The highest BCUT2D eigenvalue weighted by Crippen LogP contribution is 2.16. The summed E-state index contributed by atoms with van der Waals surface area (Å²) in [6, 6.07) is 0. The SMILES string of the molecule is CCO[C@@H]1CCO[C@@H]1COC. The summed E-state index contributed by atoms with van der Waals surface area (Å²) in [5.41, 5.74) is 0. The lowest BCUT2D eigenvalue weighted by Crippen LogP contribution is -2.28. The topological polar surface area (TPSA) is 27.7 Å². The van der Waals surface area contributed by atoms with E-state index in [2.05, 4.69) is 0 Å². The molecule has 1 saturated heterocycles. The molecule has 1 rings (SSSR count). The molecular formula is C8H16O3. The van der Waals surface area contributed by atoms with Crippen LogP contribution < -0.4 is 0 Å². The highest BCUT2D eigenvalue weighted by atomic mass is 16.6. The van der Waals surface area contributed by atoms with Crippen molar-refractivity contribution in [2.75, 3.05) is 26.9 Å². The van der Waals surface area contributed by atoms with E-state index in [4.69, 9.17) is 14.2 Å². The molecule has 11 heavy (non-hydrogen) atoms. The second-order valence-electron chi connectivity index (χ2n) is 2.65. The van der Waals surface area contributed by atoms with Crippen molar-refractivity contribution in [3.8, 4) is 0 Å². The average molecular weight is 160 g/mol. The van der Waals surface area contributed by atoms with E-state index in [0.717, 1.165) is 19.6 Å². The smallest absolute Gasteiger partial charge is 0.107 e. The van der Waals surface area contributed by atoms with Crippen LogP contribution >= 0.6 is 0 Å². The van der Waals surface area contributed by atoms with Crippen LogP contribution in [0.2, 0.25) is 0 Å². The summed E-state index contributed by atoms with van der Waals surface area (Å²) in [6.45, 7) is 4.21. The fraction of sp³-hybridized carbons (Fsp3) is 1.00. The van der Waals surface area contributed by atoms with Gasteiger partial charge in [0.25, 0.3) is 0 Å². The van der Waals surface area contributed by atoms with Crippen LogP contribution in [0.3, 0.4) is 0 Å². The van der Waals surface area contributed by atoms with Crippen molar-refractivity contribution in [2.45, 2.75) is 25.6 Å². The van der Waals surface area contributed by atoms with Crippen molar-refractivity contribution in [1.82, 2.24) is 0 Å². The molecule has 0 radical (unpaired) electrons. The third kappa shape index (κ3) is 2.43. The molecule has 0 aromatic carbocycles. The maximum absolute atomic E-state index is 5.46. The molecular weight excluding hydrogens is 144 g/mol. The van der Waals surface area contributed by atoms with Gasteiger partial charge in [0.15, 0.2) is 0 Å². The molecule has 0 aliphatic carbocycles. The number of rotatable bonds is 4. The fourth-order valence-corrected chi connectivity index (χ4v) is 1.35. The molecule has 1 fully saturated rings. The lowest BCUT2D eigenvalue weighted by Gasteiger charge is -2.16. The Morgan fingerprint density at radius 2 is 2.36 bits per heavy atom. The predicted octanol–water partition coefficient (Wildman–Crippen LogP) is 0.827. The average Bonchev–Trinajstić information content (AvgIpc) is 2.39. The molecule has 0 saturated carbocycles. The van der Waals surface area contributed by atoms with Gasteiger partial charge in [-0.3, -0.25) is 0 Å². The molecule has 0 N–H and O–H groups in total. The Morgan fingerprint density at radius 1 is 1.55 bits per heavy atom. The standard InChI is InChI=1S/C8H16O3/c1-3-10-7-4-5-11-8(7)6-9-2/h7-8H,3-6H2,1-2H3/t7-,8-/m1/s1. The van der Waals surface area contributed by atoms with Crippen LogP contribution in [0.15, 0.2) is 0 Å². The number of ether oxygens (including phenoxy) is 3. The zero-order valence-corrected chi connectivity index (χ0v) is 7.21. The summed E-state index contributed by atoms with van der Waals surface area (Å²) < 4.78 is 15.9. The molecule has 0 amide bonds. The first-order valence-corrected chi connectivity index (χ1v) is 4.10. The monoisotopic (exact) mass is 160 g/mol. The van der Waals surface area contributed by atoms with E-state index in [0.29, 0.717) is 6.61 Å². The summed E-state index contributed by atoms with van der Waals surface area (Å²) in [7, 11) is 1.69. The second kappa shape index (κ2) is 4.70. The Bertz CT molecular complexity index is 93.5. The minimum Gasteiger partial charge on any atom is -0.382 e. The molecule has 3 nitrogen and oxygen atoms in total. The van der Waals surface area contributed by atoms with Crippen molar-refractivity contribution in [3.05, 3.63) is 0 Å². The Hall–Kier alpha value is -0.120. The summed E-state index contributed by atoms with van der Waals surface area (Å²) in [4.78, 5) is 0. The first-order chi connectivity index (χ1) is 5.38. The lowest BCUT2D eigenvalue weighted by molar-refractivity contribution is -0.0386. The maximum Gasteiger partial charge on any atom is 0.107 e. The number of methoxy groups -OCH3 is 1. The molecule has 2 atom stereocenters. The van der Waals surface area contributed by atoms with E-state index in [-0.39, 0.29) is 12.2 Å². The minimum atomic E-state index is 0.153. The van der Waals surface area contributed by atoms with E-state index < -0.39 is 0 Å². The molecule has 1 aliphatic heterocycles. The van der Waals surface area contributed by atoms with Crippen LogP contribution in [-0.2, 0) is 14.2 Å². The third-order valence-electron chi connectivity index (χ3n) is 1.86. The lowest BCUT2D eigenvalue weighted by atomic mass is 10.2. The van der Waals surface area contributed by atoms with Crippen LogP contribution in [0, 0.1) is 0 Å². The summed E-state index contributed by atoms with van der Waals surface area (Å²) >= 11 is 0. The zero-order valence-electron chi connectivity index (χ0n) is 7.21. The van der Waals surface area contributed by atoms with E-state index >= 15 is 0 Å². The van der Waals surface area contributed by atoms with Gasteiger partial charge in [-0.2, -0.15) is 0 Å². The van der Waals surface area contributed by atoms with Crippen LogP contribution in [0.5, 0.6) is 0 Å². The highest BCUT2D eigenvalue weighted by Gasteiger charge is 2.28. The minimum absolute atomic E-state index is 0.153. The Morgan fingerprint density at radius 3 is 3.00 bits per heavy atom. The van der Waals surface area contributed by atoms with Gasteiger partial charge in [0.1, 0.15) is 6.10 Å². The molecule has 1 aliphatic rings. The van der Waals surface area contributed by atoms with Gasteiger partial charge in [0, 0.05) is 20.3 Å². The fourth-order valence-electron chi connectivity index (χ4n) is 1.35. The van der Waals surface area contributed by atoms with Crippen molar-refractivity contribution in [1.29, 1.82) is 0 Å². The molecule has 66 valence electrons. The van der Waals surface area contributed by atoms with Gasteiger partial charge in [0.2, 0.25) is 0 Å². The van der Waals surface area contributed by atoms with Gasteiger partial charge in [-0.25, -0.2) is 0 Å². The van der Waals surface area contributed by atoms with Gasteiger partial charge < -0.3 is 14.2 Å². The van der Waals surface area contributed by atoms with Crippen molar-refractivity contribution < 1.29 is 14.2 Å². The van der Waals surface area contributed by atoms with Gasteiger partial charge in [-0.1, -0.05) is 0 Å². The van der Waals surface area contributed by atoms with Gasteiger partial charge >= 0.3 is 0 Å². The van der Waals surface area contributed by atoms with Crippen LogP contribution in [0.4, 0.5) is 0 Å².